The van der Waals surface area contributed by atoms with Gasteiger partial charge in [-0.25, -0.2) is 0 Å². The standard InChI is InChI=1S/3C6H12NO.C6H8NO.4CH4O.4HN3.4Ni/c4*8-5-6-3-1-2-4-7-6;4*1-2;4*1-3-2;;;;/h3*6,8H,1-5H2;1-4,6,8H,5H2;4*2H,1H3;4*1H;;;;/q4*-1;;;;;;;;;4*+2. The summed E-state index contributed by atoms with van der Waals surface area (Å²) in [6, 6.07) is 0.802. The molecule has 4 atom stereocenters. The van der Waals surface area contributed by atoms with E-state index in [2.05, 4.69) is 21.3 Å². The fourth-order valence-electron chi connectivity index (χ4n) is 3.58. The van der Waals surface area contributed by atoms with E-state index < -0.39 is 0 Å². The number of hydrogen-bond acceptors (Lipinski definition) is 12. The van der Waals surface area contributed by atoms with Gasteiger partial charge >= 0.3 is 66.0 Å². The second kappa shape index (κ2) is 99.3. The van der Waals surface area contributed by atoms with Crippen molar-refractivity contribution in [3.8, 4) is 0 Å². The Morgan fingerprint density at radius 1 is 0.482 bits per heavy atom. The van der Waals surface area contributed by atoms with E-state index in [4.69, 9.17) is 85.1 Å². The maximum atomic E-state index is 8.60. The Labute approximate surface area is 371 Å². The molecule has 0 aromatic rings. The van der Waals surface area contributed by atoms with E-state index in [1.54, 1.807) is 25.8 Å². The van der Waals surface area contributed by atoms with Crippen molar-refractivity contribution in [2.75, 3.05) is 74.5 Å². The van der Waals surface area contributed by atoms with Crippen LogP contribution in [0.25, 0.3) is 63.0 Å². The first-order chi connectivity index (χ1) is 25.4. The Hall–Kier alpha value is -1.95. The molecule has 0 aromatic carbocycles. The van der Waals surface area contributed by atoms with Gasteiger partial charge in [0.25, 0.3) is 0 Å². The molecule has 0 bridgehead atoms. The van der Waals surface area contributed by atoms with Gasteiger partial charge in [0.2, 0.25) is 0 Å². The van der Waals surface area contributed by atoms with Crippen LogP contribution in [0.15, 0.2) is 24.4 Å². The summed E-state index contributed by atoms with van der Waals surface area (Å²) in [7, 11) is 4.00. The molecule has 0 spiro atoms. The van der Waals surface area contributed by atoms with Crippen molar-refractivity contribution in [2.45, 2.75) is 82.0 Å². The van der Waals surface area contributed by atoms with Gasteiger partial charge in [0.05, 0.1) is 0 Å². The van der Waals surface area contributed by atoms with E-state index in [1.165, 1.54) is 38.5 Å². The molecular formula is C28H64N16Ni4O8+4. The van der Waals surface area contributed by atoms with E-state index in [0.29, 0.717) is 0 Å². The maximum Gasteiger partial charge on any atom is 2.00 e. The number of nitrogens with one attached hydrogen (secondary N) is 4. The van der Waals surface area contributed by atoms with Gasteiger partial charge in [-0.2, -0.15) is 6.20 Å². The average Bonchev–Trinajstić information content (AvgIpc) is 3.24. The average molecular weight is 988 g/mol. The summed E-state index contributed by atoms with van der Waals surface area (Å²) >= 11 is 0. The summed E-state index contributed by atoms with van der Waals surface area (Å²) in [6.45, 7) is 3.75. The first-order valence-corrected chi connectivity index (χ1v) is 15.7. The zero-order valence-electron chi connectivity index (χ0n) is 32.1. The van der Waals surface area contributed by atoms with Gasteiger partial charge in [0.1, 0.15) is 0 Å². The predicted molar refractivity (Wildman–Crippen MR) is 202 cm³/mol. The third-order valence-electron chi connectivity index (χ3n) is 5.63. The van der Waals surface area contributed by atoms with Crippen molar-refractivity contribution < 1.29 is 107 Å². The largest absolute Gasteiger partial charge is 2.00 e. The Morgan fingerprint density at radius 3 is 0.839 bits per heavy atom. The van der Waals surface area contributed by atoms with Crippen LogP contribution in [0.4, 0.5) is 0 Å². The second-order valence-electron chi connectivity index (χ2n) is 8.74. The van der Waals surface area contributed by atoms with Gasteiger partial charge < -0.3 is 62.1 Å². The number of allylic oxidation sites excluding steroid dienone is 2. The third-order valence-corrected chi connectivity index (χ3v) is 5.63. The quantitative estimate of drug-likeness (QED) is 0.0742. The molecule has 0 aromatic heterocycles. The summed E-state index contributed by atoms with van der Waals surface area (Å²) in [6.07, 6.45) is 18.0. The van der Waals surface area contributed by atoms with E-state index in [9.17, 15) is 0 Å². The molecule has 0 amide bonds. The number of piperidine rings is 3. The summed E-state index contributed by atoms with van der Waals surface area (Å²) in [4.78, 5) is 7.00. The Bertz CT molecular complexity index is 736. The SMILES string of the molecule is CO.CO.CO.CO.OCC1C=CC=C[N-]1.OCC1CCCC[N-]1.OCC1CCCC[N-]1.OCC1CCCC[N-]1.[N-]=[N+]=N.[N-]=[N+]=N.[N-]=[N+]=N.[N-]=[N+]=N.[Ni+2].[Ni+2].[Ni+2].[Ni+2]. The number of rotatable bonds is 4. The van der Waals surface area contributed by atoms with Crippen molar-refractivity contribution in [1.29, 1.82) is 22.1 Å². The maximum absolute atomic E-state index is 8.60. The minimum absolute atomic E-state index is 0. The zero-order chi connectivity index (χ0) is 42.1. The Balaban J connectivity index is -0.0000000392. The molecule has 0 saturated carbocycles. The molecule has 24 nitrogen and oxygen atoms in total. The van der Waals surface area contributed by atoms with Gasteiger partial charge in [0, 0.05) is 54.9 Å². The van der Waals surface area contributed by atoms with E-state index in [1.807, 2.05) is 18.2 Å². The molecule has 28 heteroatoms. The van der Waals surface area contributed by atoms with Gasteiger partial charge in [-0.15, -0.1) is 59.9 Å². The van der Waals surface area contributed by atoms with Gasteiger partial charge in [-0.1, -0.05) is 82.1 Å². The van der Waals surface area contributed by atoms with Gasteiger partial charge in [-0.3, -0.25) is 0 Å². The normalized spacial score (nSPS) is 17.6. The molecule has 4 unspecified atom stereocenters. The van der Waals surface area contributed by atoms with E-state index in [0.717, 1.165) is 67.3 Å². The fraction of sp³-hybridized carbons (Fsp3) is 0.857. The van der Waals surface area contributed by atoms with Gasteiger partial charge in [0.15, 0.2) is 0 Å². The zero-order valence-corrected chi connectivity index (χ0v) is 36.1. The molecule has 0 aliphatic carbocycles. The van der Waals surface area contributed by atoms with E-state index in [-0.39, 0.29) is 117 Å². The number of hydrogen-bond donors (Lipinski definition) is 12. The molecule has 0 radical (unpaired) electrons. The molecule has 4 heterocycles. The fourth-order valence-corrected chi connectivity index (χ4v) is 3.58. The van der Waals surface area contributed by atoms with Crippen LogP contribution >= 0.6 is 0 Å². The van der Waals surface area contributed by atoms with Crippen LogP contribution in [-0.2, 0) is 66.0 Å². The summed E-state index contributed by atoms with van der Waals surface area (Å²) in [5.41, 5.74) is 49.0. The van der Waals surface area contributed by atoms with Crippen LogP contribution in [0.2, 0.25) is 0 Å². The molecule has 56 heavy (non-hydrogen) atoms. The molecule has 3 fully saturated rings. The Morgan fingerprint density at radius 2 is 0.732 bits per heavy atom. The van der Waals surface area contributed by atoms with Crippen LogP contribution in [0, 0.1) is 22.1 Å². The van der Waals surface area contributed by atoms with E-state index >= 15 is 0 Å². The summed E-state index contributed by atoms with van der Waals surface area (Å²) in [5, 5.41) is 78.8. The molecule has 4 aliphatic rings. The molecule has 4 rings (SSSR count). The Kier molecular flexibility index (Phi) is 153. The minimum Gasteiger partial charge on any atom is -0.683 e. The second-order valence-corrected chi connectivity index (χ2v) is 8.74. The molecule has 3 saturated heterocycles. The minimum atomic E-state index is -0.000000000000000222. The molecule has 4 aliphatic heterocycles. The number of aliphatic hydroxyl groups is 8. The van der Waals surface area contributed by atoms with Crippen molar-refractivity contribution >= 4 is 0 Å². The van der Waals surface area contributed by atoms with Crippen molar-refractivity contribution in [3.63, 3.8) is 0 Å². The molecule has 12 N–H and O–H groups in total. The summed E-state index contributed by atoms with van der Waals surface area (Å²) < 4.78 is 0. The summed E-state index contributed by atoms with van der Waals surface area (Å²) in [5.74, 6) is 0. The first kappa shape index (κ1) is 86.0. The van der Waals surface area contributed by atoms with Crippen LogP contribution in [-0.4, -0.2) is 140 Å². The molecule has 340 valence electrons. The van der Waals surface area contributed by atoms with Crippen LogP contribution in [0.5, 0.6) is 0 Å². The first-order valence-electron chi connectivity index (χ1n) is 15.7. The van der Waals surface area contributed by atoms with Crippen LogP contribution in [0.1, 0.15) is 57.8 Å². The monoisotopic (exact) mass is 984 g/mol. The van der Waals surface area contributed by atoms with Crippen molar-refractivity contribution in [1.82, 2.24) is 0 Å². The molecular weight excluding hydrogens is 923 g/mol. The number of nitrogens with zero attached hydrogens (tertiary/aromatic N) is 12. The predicted octanol–water partition coefficient (Wildman–Crippen LogP) is 5.45. The van der Waals surface area contributed by atoms with Crippen LogP contribution < -0.4 is 0 Å². The third kappa shape index (κ3) is 93.7. The topological polar surface area (TPSA) is 459 Å². The van der Waals surface area contributed by atoms with Crippen molar-refractivity contribution in [3.05, 3.63) is 87.5 Å². The van der Waals surface area contributed by atoms with Crippen molar-refractivity contribution in [2.24, 2.45) is 0 Å². The van der Waals surface area contributed by atoms with Gasteiger partial charge in [-0.05, 0) is 41.8 Å². The van der Waals surface area contributed by atoms with Crippen LogP contribution in [0.3, 0.4) is 0 Å². The number of aliphatic hydroxyl groups excluding tert-OH is 8. The smallest absolute Gasteiger partial charge is 0.683 e.